The lowest BCUT2D eigenvalue weighted by molar-refractivity contribution is 0.102. The monoisotopic (exact) mass is 394 g/mol. The van der Waals surface area contributed by atoms with Crippen LogP contribution >= 0.6 is 11.6 Å². The number of pyridine rings is 1. The van der Waals surface area contributed by atoms with Crippen LogP contribution in [0.1, 0.15) is 35.9 Å². The third kappa shape index (κ3) is 3.25. The van der Waals surface area contributed by atoms with Crippen molar-refractivity contribution in [1.82, 2.24) is 24.5 Å². The Hall–Kier alpha value is -3.19. The predicted molar refractivity (Wildman–Crippen MR) is 109 cm³/mol. The number of nitrogens with zero attached hydrogens (tertiary/aromatic N) is 5. The van der Waals surface area contributed by atoms with E-state index in [1.807, 2.05) is 43.7 Å². The zero-order chi connectivity index (χ0) is 19.8. The molecule has 0 spiro atoms. The molecule has 28 heavy (non-hydrogen) atoms. The molecule has 7 nitrogen and oxygen atoms in total. The number of hydrogen-bond donors (Lipinski definition) is 1. The minimum absolute atomic E-state index is 0.215. The van der Waals surface area contributed by atoms with Crippen molar-refractivity contribution in [3.8, 4) is 5.69 Å². The predicted octanol–water partition coefficient (Wildman–Crippen LogP) is 4.41. The second kappa shape index (κ2) is 7.09. The molecule has 0 aliphatic heterocycles. The molecule has 0 unspecified atom stereocenters. The molecule has 0 saturated carbocycles. The van der Waals surface area contributed by atoms with Crippen LogP contribution in [-0.4, -0.2) is 30.5 Å². The second-order valence-corrected chi connectivity index (χ2v) is 7.24. The molecular weight excluding hydrogens is 376 g/mol. The molecule has 8 heteroatoms. The van der Waals surface area contributed by atoms with E-state index in [-0.39, 0.29) is 11.9 Å². The van der Waals surface area contributed by atoms with E-state index in [4.69, 9.17) is 11.6 Å². The zero-order valence-corrected chi connectivity index (χ0v) is 16.5. The Kier molecular flexibility index (Phi) is 4.60. The van der Waals surface area contributed by atoms with Gasteiger partial charge < -0.3 is 5.32 Å². The summed E-state index contributed by atoms with van der Waals surface area (Å²) in [5.74, 6) is -0.241. The van der Waals surface area contributed by atoms with E-state index in [0.717, 1.165) is 22.4 Å². The molecule has 0 aliphatic rings. The average Bonchev–Trinajstić information content (AvgIpc) is 3.26. The van der Waals surface area contributed by atoms with Crippen molar-refractivity contribution in [2.24, 2.45) is 0 Å². The van der Waals surface area contributed by atoms with Crippen LogP contribution in [0.5, 0.6) is 0 Å². The number of hydrogen-bond acceptors (Lipinski definition) is 4. The van der Waals surface area contributed by atoms with Gasteiger partial charge in [-0.15, -0.1) is 0 Å². The van der Waals surface area contributed by atoms with Crippen molar-refractivity contribution in [1.29, 1.82) is 0 Å². The van der Waals surface area contributed by atoms with Gasteiger partial charge >= 0.3 is 0 Å². The lowest BCUT2D eigenvalue weighted by Gasteiger charge is -2.08. The molecule has 3 aromatic heterocycles. The van der Waals surface area contributed by atoms with E-state index in [9.17, 15) is 4.79 Å². The summed E-state index contributed by atoms with van der Waals surface area (Å²) in [5.41, 5.74) is 3.47. The summed E-state index contributed by atoms with van der Waals surface area (Å²) in [4.78, 5) is 17.2. The highest BCUT2D eigenvalue weighted by Crippen LogP contribution is 2.21. The van der Waals surface area contributed by atoms with Gasteiger partial charge in [0.1, 0.15) is 0 Å². The van der Waals surface area contributed by atoms with Gasteiger partial charge in [0.25, 0.3) is 5.91 Å². The standard InChI is InChI=1S/C20H19ClN6O/c1-12(2)26-19-14(9-23-26)8-16(10-22-19)25-20(28)18-11-24-27(13(18)3)17-6-4-15(21)5-7-17/h4-12H,1-3H3,(H,25,28). The van der Waals surface area contributed by atoms with Gasteiger partial charge in [0, 0.05) is 16.5 Å². The molecular formula is C20H19ClN6O. The Morgan fingerprint density at radius 3 is 2.57 bits per heavy atom. The molecule has 4 aromatic rings. The molecule has 0 radical (unpaired) electrons. The normalized spacial score (nSPS) is 11.3. The maximum atomic E-state index is 12.7. The van der Waals surface area contributed by atoms with Gasteiger partial charge in [0.2, 0.25) is 0 Å². The number of amides is 1. The Balaban J connectivity index is 1.59. The average molecular weight is 395 g/mol. The first-order valence-corrected chi connectivity index (χ1v) is 9.27. The molecule has 1 amide bonds. The summed E-state index contributed by atoms with van der Waals surface area (Å²) in [7, 11) is 0. The lowest BCUT2D eigenvalue weighted by atomic mass is 10.2. The summed E-state index contributed by atoms with van der Waals surface area (Å²) in [5, 5.41) is 13.1. The van der Waals surface area contributed by atoms with Crippen LogP contribution in [0.2, 0.25) is 5.02 Å². The molecule has 3 heterocycles. The van der Waals surface area contributed by atoms with Crippen LogP contribution in [0.15, 0.2) is 48.9 Å². The summed E-state index contributed by atoms with van der Waals surface area (Å²) >= 11 is 5.94. The summed E-state index contributed by atoms with van der Waals surface area (Å²) in [6, 6.07) is 9.37. The fourth-order valence-corrected chi connectivity index (χ4v) is 3.19. The largest absolute Gasteiger partial charge is 0.320 e. The van der Waals surface area contributed by atoms with Gasteiger partial charge in [0.05, 0.1) is 41.2 Å². The van der Waals surface area contributed by atoms with Gasteiger partial charge in [-0.05, 0) is 51.1 Å². The number of carbonyl (C=O) groups excluding carboxylic acids is 1. The van der Waals surface area contributed by atoms with Gasteiger partial charge in [-0.3, -0.25) is 4.79 Å². The fraction of sp³-hybridized carbons (Fsp3) is 0.200. The summed E-state index contributed by atoms with van der Waals surface area (Å²) < 4.78 is 3.56. The van der Waals surface area contributed by atoms with Crippen molar-refractivity contribution >= 4 is 34.2 Å². The molecule has 0 atom stereocenters. The Labute approximate surface area is 167 Å². The molecule has 0 aliphatic carbocycles. The fourth-order valence-electron chi connectivity index (χ4n) is 3.06. The van der Waals surface area contributed by atoms with Crippen LogP contribution in [0, 0.1) is 6.92 Å². The highest BCUT2D eigenvalue weighted by atomic mass is 35.5. The van der Waals surface area contributed by atoms with Crippen LogP contribution in [0.3, 0.4) is 0 Å². The van der Waals surface area contributed by atoms with Crippen LogP contribution < -0.4 is 5.32 Å². The first kappa shape index (κ1) is 18.2. The number of carbonyl (C=O) groups is 1. The topological polar surface area (TPSA) is 77.6 Å². The van der Waals surface area contributed by atoms with Crippen molar-refractivity contribution in [3.05, 3.63) is 65.2 Å². The first-order valence-electron chi connectivity index (χ1n) is 8.89. The molecule has 142 valence electrons. The second-order valence-electron chi connectivity index (χ2n) is 6.81. The highest BCUT2D eigenvalue weighted by Gasteiger charge is 2.16. The minimum Gasteiger partial charge on any atom is -0.320 e. The van der Waals surface area contributed by atoms with E-state index >= 15 is 0 Å². The molecule has 1 N–H and O–H groups in total. The Morgan fingerprint density at radius 2 is 1.86 bits per heavy atom. The van der Waals surface area contributed by atoms with Crippen LogP contribution in [0.4, 0.5) is 5.69 Å². The number of rotatable bonds is 4. The maximum Gasteiger partial charge on any atom is 0.259 e. The smallest absolute Gasteiger partial charge is 0.259 e. The third-order valence-electron chi connectivity index (χ3n) is 4.51. The lowest BCUT2D eigenvalue weighted by Crippen LogP contribution is -2.13. The molecule has 0 saturated heterocycles. The summed E-state index contributed by atoms with van der Waals surface area (Å²) in [6.07, 6.45) is 4.95. The maximum absolute atomic E-state index is 12.7. The number of nitrogens with one attached hydrogen (secondary N) is 1. The van der Waals surface area contributed by atoms with Crippen LogP contribution in [0.25, 0.3) is 16.7 Å². The first-order chi connectivity index (χ1) is 13.4. The highest BCUT2D eigenvalue weighted by molar-refractivity contribution is 6.30. The quantitative estimate of drug-likeness (QED) is 0.556. The number of aromatic nitrogens is 5. The van der Waals surface area contributed by atoms with E-state index in [0.29, 0.717) is 16.3 Å². The van der Waals surface area contributed by atoms with Crippen molar-refractivity contribution in [2.45, 2.75) is 26.8 Å². The minimum atomic E-state index is -0.241. The van der Waals surface area contributed by atoms with Crippen molar-refractivity contribution in [3.63, 3.8) is 0 Å². The van der Waals surface area contributed by atoms with E-state index < -0.39 is 0 Å². The van der Waals surface area contributed by atoms with Gasteiger partial charge in [-0.2, -0.15) is 10.2 Å². The SMILES string of the molecule is Cc1c(C(=O)Nc2cnc3c(cnn3C(C)C)c2)cnn1-c1ccc(Cl)cc1. The third-order valence-corrected chi connectivity index (χ3v) is 4.76. The van der Waals surface area contributed by atoms with Crippen molar-refractivity contribution < 1.29 is 4.79 Å². The van der Waals surface area contributed by atoms with E-state index in [1.165, 1.54) is 0 Å². The van der Waals surface area contributed by atoms with Gasteiger partial charge in [-0.25, -0.2) is 14.3 Å². The zero-order valence-electron chi connectivity index (χ0n) is 15.7. The number of anilines is 1. The number of halogens is 1. The molecule has 4 rings (SSSR count). The Bertz CT molecular complexity index is 1160. The van der Waals surface area contributed by atoms with E-state index in [2.05, 4.69) is 20.5 Å². The molecule has 0 bridgehead atoms. The van der Waals surface area contributed by atoms with Crippen molar-refractivity contribution in [2.75, 3.05) is 5.32 Å². The number of benzene rings is 1. The van der Waals surface area contributed by atoms with Gasteiger partial charge in [0.15, 0.2) is 5.65 Å². The summed E-state index contributed by atoms with van der Waals surface area (Å²) in [6.45, 7) is 5.94. The van der Waals surface area contributed by atoms with Crippen LogP contribution in [-0.2, 0) is 0 Å². The van der Waals surface area contributed by atoms with E-state index in [1.54, 1.807) is 35.4 Å². The molecule has 0 fully saturated rings. The number of fused-ring (bicyclic) bond motifs is 1. The molecule has 1 aromatic carbocycles. The van der Waals surface area contributed by atoms with Gasteiger partial charge in [-0.1, -0.05) is 11.6 Å². The Morgan fingerprint density at radius 1 is 1.11 bits per heavy atom.